The number of ether oxygens (including phenoxy) is 2. The van der Waals surface area contributed by atoms with Crippen LogP contribution >= 0.6 is 0 Å². The van der Waals surface area contributed by atoms with Gasteiger partial charge in [0.15, 0.2) is 0 Å². The number of hydrogen-bond donors (Lipinski definition) is 1. The lowest BCUT2D eigenvalue weighted by Gasteiger charge is -2.20. The Balaban J connectivity index is 1.56. The van der Waals surface area contributed by atoms with Crippen LogP contribution in [0.5, 0.6) is 0 Å². The Bertz CT molecular complexity index is 1010. The van der Waals surface area contributed by atoms with Gasteiger partial charge in [-0.25, -0.2) is 9.59 Å². The van der Waals surface area contributed by atoms with Gasteiger partial charge in [0.25, 0.3) is 11.8 Å². The van der Waals surface area contributed by atoms with Gasteiger partial charge in [0.2, 0.25) is 0 Å². The lowest BCUT2D eigenvalue weighted by atomic mass is 10.1. The Kier molecular flexibility index (Phi) is 8.73. The lowest BCUT2D eigenvalue weighted by molar-refractivity contribution is -0.199. The Morgan fingerprint density at radius 3 is 1.91 bits per heavy atom. The third-order valence-electron chi connectivity index (χ3n) is 4.86. The van der Waals surface area contributed by atoms with E-state index in [1.54, 1.807) is 48.5 Å². The number of esters is 1. The molecule has 3 rings (SSSR count). The summed E-state index contributed by atoms with van der Waals surface area (Å²) >= 11 is 0. The third-order valence-corrected chi connectivity index (χ3v) is 4.86. The molecule has 0 radical (unpaired) electrons. The fourth-order valence-corrected chi connectivity index (χ4v) is 3.04. The molecule has 2 aromatic carbocycles. The average molecular weight is 468 g/mol. The first-order valence-corrected chi connectivity index (χ1v) is 10.7. The van der Waals surface area contributed by atoms with Gasteiger partial charge in [0.05, 0.1) is 0 Å². The molecular formula is C24H24N2O8. The minimum atomic E-state index is -1.35. The highest BCUT2D eigenvalue weighted by Gasteiger charge is 2.35. The summed E-state index contributed by atoms with van der Waals surface area (Å²) < 4.78 is 10.3. The quantitative estimate of drug-likeness (QED) is 0.416. The molecule has 1 heterocycles. The van der Waals surface area contributed by atoms with E-state index in [4.69, 9.17) is 14.3 Å². The fraction of sp³-hybridized carbons (Fsp3) is 0.292. The van der Waals surface area contributed by atoms with Gasteiger partial charge in [0.1, 0.15) is 19.3 Å². The van der Waals surface area contributed by atoms with E-state index in [-0.39, 0.29) is 38.9 Å². The van der Waals surface area contributed by atoms with E-state index in [9.17, 15) is 24.0 Å². The Morgan fingerprint density at radius 2 is 1.35 bits per heavy atom. The number of imide groups is 1. The Morgan fingerprint density at radius 1 is 0.824 bits per heavy atom. The predicted molar refractivity (Wildman–Crippen MR) is 116 cm³/mol. The summed E-state index contributed by atoms with van der Waals surface area (Å²) in [6, 6.07) is 16.6. The van der Waals surface area contributed by atoms with Gasteiger partial charge in [-0.05, 0) is 17.5 Å². The summed E-state index contributed by atoms with van der Waals surface area (Å²) in [5.74, 6) is -3.00. The number of hydrogen-bond acceptors (Lipinski definition) is 8. The van der Waals surface area contributed by atoms with Crippen LogP contribution in [0.1, 0.15) is 36.8 Å². The van der Waals surface area contributed by atoms with Gasteiger partial charge in [-0.15, -0.1) is 5.06 Å². The number of benzene rings is 2. The zero-order valence-corrected chi connectivity index (χ0v) is 18.3. The Hall–Kier alpha value is -4.21. The first-order valence-electron chi connectivity index (χ1n) is 10.7. The van der Waals surface area contributed by atoms with Crippen molar-refractivity contribution in [1.29, 1.82) is 0 Å². The van der Waals surface area contributed by atoms with Crippen molar-refractivity contribution < 1.29 is 38.3 Å². The number of alkyl carbamates (subject to hydrolysis) is 1. The van der Waals surface area contributed by atoms with Crippen molar-refractivity contribution in [3.8, 4) is 0 Å². The third kappa shape index (κ3) is 7.44. The van der Waals surface area contributed by atoms with Crippen LogP contribution in [0.4, 0.5) is 4.79 Å². The van der Waals surface area contributed by atoms with E-state index in [2.05, 4.69) is 5.32 Å². The number of rotatable bonds is 10. The second-order valence-corrected chi connectivity index (χ2v) is 7.44. The smallest absolute Gasteiger partial charge is 0.408 e. The van der Waals surface area contributed by atoms with Crippen molar-refractivity contribution in [3.63, 3.8) is 0 Å². The number of carbonyl (C=O) groups is 5. The van der Waals surface area contributed by atoms with Crippen molar-refractivity contribution in [1.82, 2.24) is 10.4 Å². The molecule has 34 heavy (non-hydrogen) atoms. The largest absolute Gasteiger partial charge is 0.461 e. The molecule has 1 aliphatic heterocycles. The molecule has 2 aromatic rings. The van der Waals surface area contributed by atoms with Crippen molar-refractivity contribution in [2.24, 2.45) is 0 Å². The summed E-state index contributed by atoms with van der Waals surface area (Å²) in [4.78, 5) is 65.4. The summed E-state index contributed by atoms with van der Waals surface area (Å²) in [6.45, 7) is 0.00870. The van der Waals surface area contributed by atoms with Crippen LogP contribution in [-0.4, -0.2) is 41.0 Å². The second-order valence-electron chi connectivity index (χ2n) is 7.44. The molecule has 0 saturated carbocycles. The molecule has 0 spiro atoms. The van der Waals surface area contributed by atoms with Gasteiger partial charge in [-0.2, -0.15) is 0 Å². The van der Waals surface area contributed by atoms with E-state index >= 15 is 0 Å². The monoisotopic (exact) mass is 468 g/mol. The topological polar surface area (TPSA) is 128 Å². The molecule has 1 fully saturated rings. The molecular weight excluding hydrogens is 444 g/mol. The first kappa shape index (κ1) is 24.4. The molecule has 0 aliphatic carbocycles. The van der Waals surface area contributed by atoms with Crippen LogP contribution in [0.2, 0.25) is 0 Å². The number of nitrogens with one attached hydrogen (secondary N) is 1. The maximum atomic E-state index is 12.6. The maximum absolute atomic E-state index is 12.6. The summed E-state index contributed by atoms with van der Waals surface area (Å²) in [7, 11) is 0. The van der Waals surface area contributed by atoms with E-state index in [0.717, 1.165) is 11.1 Å². The molecule has 10 nitrogen and oxygen atoms in total. The van der Waals surface area contributed by atoms with Gasteiger partial charge in [-0.3, -0.25) is 14.4 Å². The van der Waals surface area contributed by atoms with Gasteiger partial charge >= 0.3 is 18.0 Å². The molecule has 1 atom stereocenters. The van der Waals surface area contributed by atoms with Crippen LogP contribution in [-0.2, 0) is 46.7 Å². The molecule has 1 unspecified atom stereocenters. The predicted octanol–water partition coefficient (Wildman–Crippen LogP) is 2.41. The number of carbonyl (C=O) groups excluding carboxylic acids is 5. The Labute approximate surface area is 195 Å². The number of amides is 3. The number of hydroxylamine groups is 2. The minimum absolute atomic E-state index is 0.0450. The van der Waals surface area contributed by atoms with Crippen molar-refractivity contribution in [2.75, 3.05) is 0 Å². The molecule has 0 aromatic heterocycles. The lowest BCUT2D eigenvalue weighted by Crippen LogP contribution is -2.45. The van der Waals surface area contributed by atoms with Crippen molar-refractivity contribution in [3.05, 3.63) is 71.8 Å². The number of nitrogens with zero attached hydrogens (tertiary/aromatic N) is 1. The molecule has 10 heteroatoms. The molecule has 178 valence electrons. The highest BCUT2D eigenvalue weighted by Crippen LogP contribution is 2.14. The summed E-state index contributed by atoms with van der Waals surface area (Å²) in [6.07, 6.45) is -1.50. The molecule has 1 N–H and O–H groups in total. The van der Waals surface area contributed by atoms with Crippen LogP contribution in [0.3, 0.4) is 0 Å². The van der Waals surface area contributed by atoms with Gasteiger partial charge in [0, 0.05) is 19.3 Å². The maximum Gasteiger partial charge on any atom is 0.408 e. The second kappa shape index (κ2) is 12.1. The van der Waals surface area contributed by atoms with Crippen LogP contribution in [0, 0.1) is 0 Å². The van der Waals surface area contributed by atoms with E-state index in [0.29, 0.717) is 5.06 Å². The normalized spacial score (nSPS) is 13.8. The minimum Gasteiger partial charge on any atom is -0.461 e. The molecule has 3 amide bonds. The fourth-order valence-electron chi connectivity index (χ4n) is 3.04. The molecule has 1 aliphatic rings. The van der Waals surface area contributed by atoms with Gasteiger partial charge in [-0.1, -0.05) is 60.7 Å². The van der Waals surface area contributed by atoms with E-state index in [1.807, 2.05) is 12.1 Å². The van der Waals surface area contributed by atoms with Gasteiger partial charge < -0.3 is 19.6 Å². The van der Waals surface area contributed by atoms with Crippen LogP contribution < -0.4 is 5.32 Å². The zero-order valence-electron chi connectivity index (χ0n) is 18.3. The van der Waals surface area contributed by atoms with Crippen LogP contribution in [0.25, 0.3) is 0 Å². The van der Waals surface area contributed by atoms with Crippen LogP contribution in [0.15, 0.2) is 60.7 Å². The first-order chi connectivity index (χ1) is 16.4. The van der Waals surface area contributed by atoms with Crippen molar-refractivity contribution >= 4 is 29.8 Å². The highest BCUT2D eigenvalue weighted by molar-refractivity contribution is 6.01. The summed E-state index contributed by atoms with van der Waals surface area (Å²) in [5.41, 5.74) is 1.52. The SMILES string of the molecule is O=C(CCC(NC(=O)OCc1ccccc1)C(=O)ON1C(=O)CCC1=O)OCc1ccccc1. The molecule has 1 saturated heterocycles. The average Bonchev–Trinajstić information content (AvgIpc) is 3.17. The van der Waals surface area contributed by atoms with E-state index in [1.165, 1.54) is 0 Å². The zero-order chi connectivity index (χ0) is 24.3. The van der Waals surface area contributed by atoms with E-state index < -0.39 is 35.9 Å². The molecule has 0 bridgehead atoms. The summed E-state index contributed by atoms with van der Waals surface area (Å²) in [5, 5.41) is 2.70. The highest BCUT2D eigenvalue weighted by atomic mass is 16.7. The van der Waals surface area contributed by atoms with Crippen molar-refractivity contribution in [2.45, 2.75) is 44.9 Å². The standard InChI is InChI=1S/C24H24N2O8/c27-20-12-13-21(28)26(20)34-23(30)19(25-24(31)33-16-18-9-5-2-6-10-18)11-14-22(29)32-15-17-7-3-1-4-8-17/h1-10,19H,11-16H2,(H,25,31).